The molecule has 3 N–H and O–H groups in total. The number of carboxylic acid groups (broad SMARTS) is 1. The van der Waals surface area contributed by atoms with Crippen LogP contribution in [-0.4, -0.2) is 59.4 Å². The highest BCUT2D eigenvalue weighted by Gasteiger charge is 2.30. The first kappa shape index (κ1) is 25.2. The molecule has 188 valence electrons. The first-order chi connectivity index (χ1) is 16.9. The largest absolute Gasteiger partial charge is 0.494 e. The maximum Gasteiger partial charge on any atom is 0.326 e. The first-order valence-corrected chi connectivity index (χ1v) is 12.4. The number of fused-ring (bicyclic) bond motifs is 1. The van der Waals surface area contributed by atoms with Crippen LogP contribution in [-0.2, 0) is 22.4 Å². The van der Waals surface area contributed by atoms with Gasteiger partial charge in [0, 0.05) is 31.5 Å². The normalized spacial score (nSPS) is 19.6. The van der Waals surface area contributed by atoms with Gasteiger partial charge in [0.05, 0.1) is 24.4 Å². The topological polar surface area (TPSA) is 123 Å². The highest BCUT2D eigenvalue weighted by molar-refractivity contribution is 6.34. The SMILES string of the molecule is COc1cncc(Cl)c1C(=O)N[C@@H](CCOC1CC(CCc2ccc3c(n2)NCCC3)C1)C(=O)O. The molecule has 0 unspecified atom stereocenters. The lowest BCUT2D eigenvalue weighted by molar-refractivity contribution is -0.140. The molecular weight excluding hydrogens is 472 g/mol. The van der Waals surface area contributed by atoms with Crippen LogP contribution in [0.2, 0.25) is 5.02 Å². The maximum absolute atomic E-state index is 12.6. The second-order valence-electron chi connectivity index (χ2n) is 9.06. The van der Waals surface area contributed by atoms with Crippen LogP contribution in [0.25, 0.3) is 0 Å². The Kier molecular flexibility index (Phi) is 8.41. The fourth-order valence-electron chi connectivity index (χ4n) is 4.54. The number of rotatable bonds is 11. The van der Waals surface area contributed by atoms with Crippen molar-refractivity contribution < 1.29 is 24.2 Å². The monoisotopic (exact) mass is 502 g/mol. The Bertz CT molecular complexity index is 1060. The Morgan fingerprint density at radius 2 is 2.14 bits per heavy atom. The molecule has 0 spiro atoms. The Morgan fingerprint density at radius 3 is 2.91 bits per heavy atom. The number of hydrogen-bond acceptors (Lipinski definition) is 7. The molecule has 3 heterocycles. The van der Waals surface area contributed by atoms with Crippen LogP contribution in [0.3, 0.4) is 0 Å². The number of aliphatic carboxylic acids is 1. The predicted octanol–water partition coefficient (Wildman–Crippen LogP) is 3.50. The first-order valence-electron chi connectivity index (χ1n) is 12.0. The molecule has 0 bridgehead atoms. The minimum atomic E-state index is -1.13. The third kappa shape index (κ3) is 6.41. The molecule has 2 aromatic rings. The molecule has 0 saturated heterocycles. The Morgan fingerprint density at radius 1 is 1.31 bits per heavy atom. The zero-order chi connectivity index (χ0) is 24.8. The molecule has 2 aromatic heterocycles. The highest BCUT2D eigenvalue weighted by atomic mass is 35.5. The van der Waals surface area contributed by atoms with Gasteiger partial charge in [-0.15, -0.1) is 0 Å². The molecule has 1 amide bonds. The van der Waals surface area contributed by atoms with E-state index >= 15 is 0 Å². The Hall–Kier alpha value is -2.91. The summed E-state index contributed by atoms with van der Waals surface area (Å²) in [6.45, 7) is 1.23. The minimum Gasteiger partial charge on any atom is -0.494 e. The number of nitrogens with zero attached hydrogens (tertiary/aromatic N) is 2. The average molecular weight is 503 g/mol. The number of carbonyl (C=O) groups is 2. The molecule has 4 rings (SSSR count). The zero-order valence-electron chi connectivity index (χ0n) is 19.8. The van der Waals surface area contributed by atoms with Crippen molar-refractivity contribution >= 4 is 29.3 Å². The van der Waals surface area contributed by atoms with Gasteiger partial charge >= 0.3 is 5.97 Å². The van der Waals surface area contributed by atoms with Gasteiger partial charge in [-0.1, -0.05) is 17.7 Å². The molecule has 2 aliphatic rings. The number of aryl methyl sites for hydroxylation is 2. The molecule has 1 fully saturated rings. The van der Waals surface area contributed by atoms with Gasteiger partial charge in [0.2, 0.25) is 0 Å². The number of nitrogens with one attached hydrogen (secondary N) is 2. The maximum atomic E-state index is 12.6. The summed E-state index contributed by atoms with van der Waals surface area (Å²) in [6.07, 6.45) is 9.11. The van der Waals surface area contributed by atoms with Crippen LogP contribution in [0.4, 0.5) is 5.82 Å². The van der Waals surface area contributed by atoms with Gasteiger partial charge in [0.25, 0.3) is 5.91 Å². The van der Waals surface area contributed by atoms with Crippen LogP contribution < -0.4 is 15.4 Å². The quantitative estimate of drug-likeness (QED) is 0.426. The van der Waals surface area contributed by atoms with Crippen LogP contribution in [0.5, 0.6) is 5.75 Å². The van der Waals surface area contributed by atoms with Gasteiger partial charge in [-0.3, -0.25) is 9.78 Å². The lowest BCUT2D eigenvalue weighted by Gasteiger charge is -2.35. The number of ether oxygens (including phenoxy) is 2. The minimum absolute atomic E-state index is 0.0577. The predicted molar refractivity (Wildman–Crippen MR) is 131 cm³/mol. The zero-order valence-corrected chi connectivity index (χ0v) is 20.5. The number of carboxylic acids is 1. The summed E-state index contributed by atoms with van der Waals surface area (Å²) in [5, 5.41) is 15.5. The number of carbonyl (C=O) groups excluding carboxylic acids is 1. The van der Waals surface area contributed by atoms with Crippen molar-refractivity contribution in [3.8, 4) is 5.75 Å². The fourth-order valence-corrected chi connectivity index (χ4v) is 4.77. The third-order valence-electron chi connectivity index (χ3n) is 6.63. The van der Waals surface area contributed by atoms with E-state index < -0.39 is 17.9 Å². The summed E-state index contributed by atoms with van der Waals surface area (Å²) in [6, 6.07) is 3.22. The molecule has 1 aliphatic heterocycles. The standard InChI is InChI=1S/C25H31ClN4O5/c1-34-21-14-27-13-19(26)22(21)24(31)30-20(25(32)33)8-10-35-18-11-15(12-18)4-6-17-7-5-16-3-2-9-28-23(16)29-17/h5,7,13-15,18,20H,2-4,6,8-12H2,1H3,(H,28,29)(H,30,31)(H,32,33)/t15?,18?,20-/m0/s1. The van der Waals surface area contributed by atoms with Gasteiger partial charge in [-0.2, -0.15) is 0 Å². The second kappa shape index (κ2) is 11.7. The molecule has 1 aliphatic carbocycles. The van der Waals surface area contributed by atoms with E-state index in [-0.39, 0.29) is 35.5 Å². The third-order valence-corrected chi connectivity index (χ3v) is 6.91. The molecule has 35 heavy (non-hydrogen) atoms. The van der Waals surface area contributed by atoms with Crippen LogP contribution >= 0.6 is 11.6 Å². The van der Waals surface area contributed by atoms with Crippen molar-refractivity contribution in [1.82, 2.24) is 15.3 Å². The van der Waals surface area contributed by atoms with Gasteiger partial charge in [-0.25, -0.2) is 9.78 Å². The van der Waals surface area contributed by atoms with Gasteiger partial charge in [0.15, 0.2) is 5.75 Å². The number of amides is 1. The van der Waals surface area contributed by atoms with Crippen molar-refractivity contribution in [3.05, 3.63) is 46.4 Å². The Labute approximate surface area is 209 Å². The Balaban J connectivity index is 1.18. The van der Waals surface area contributed by atoms with Gasteiger partial charge in [-0.05, 0) is 56.1 Å². The number of halogens is 1. The van der Waals surface area contributed by atoms with E-state index in [0.29, 0.717) is 5.92 Å². The lowest BCUT2D eigenvalue weighted by Crippen LogP contribution is -2.42. The van der Waals surface area contributed by atoms with Crippen molar-refractivity contribution in [1.29, 1.82) is 0 Å². The van der Waals surface area contributed by atoms with E-state index in [1.54, 1.807) is 0 Å². The van der Waals surface area contributed by atoms with E-state index in [0.717, 1.165) is 56.6 Å². The highest BCUT2D eigenvalue weighted by Crippen LogP contribution is 2.34. The fraction of sp³-hybridized carbons (Fsp3) is 0.520. The van der Waals surface area contributed by atoms with Crippen molar-refractivity contribution in [2.75, 3.05) is 25.6 Å². The number of pyridine rings is 2. The van der Waals surface area contributed by atoms with Gasteiger partial charge < -0.3 is 25.2 Å². The van der Waals surface area contributed by atoms with Crippen molar-refractivity contribution in [2.45, 2.75) is 57.1 Å². The van der Waals surface area contributed by atoms with E-state index in [1.807, 2.05) is 0 Å². The van der Waals surface area contributed by atoms with Crippen LogP contribution in [0.15, 0.2) is 24.5 Å². The number of methoxy groups -OCH3 is 1. The molecule has 1 saturated carbocycles. The van der Waals surface area contributed by atoms with E-state index in [2.05, 4.69) is 27.8 Å². The molecule has 10 heteroatoms. The summed E-state index contributed by atoms with van der Waals surface area (Å²) in [7, 11) is 1.39. The van der Waals surface area contributed by atoms with Gasteiger partial charge in [0.1, 0.15) is 17.4 Å². The molecule has 1 atom stereocenters. The smallest absolute Gasteiger partial charge is 0.326 e. The van der Waals surface area contributed by atoms with E-state index in [9.17, 15) is 14.7 Å². The lowest BCUT2D eigenvalue weighted by atomic mass is 9.79. The van der Waals surface area contributed by atoms with Crippen molar-refractivity contribution in [3.63, 3.8) is 0 Å². The van der Waals surface area contributed by atoms with Crippen LogP contribution in [0, 0.1) is 5.92 Å². The molecular formula is C25H31ClN4O5. The van der Waals surface area contributed by atoms with Crippen LogP contribution in [0.1, 0.15) is 53.7 Å². The van der Waals surface area contributed by atoms with E-state index in [1.165, 1.54) is 25.1 Å². The molecule has 0 aromatic carbocycles. The summed E-state index contributed by atoms with van der Waals surface area (Å²) in [5.74, 6) is 0.0362. The summed E-state index contributed by atoms with van der Waals surface area (Å²) in [4.78, 5) is 32.9. The molecule has 0 radical (unpaired) electrons. The molecule has 9 nitrogen and oxygen atoms in total. The summed E-state index contributed by atoms with van der Waals surface area (Å²) >= 11 is 6.07. The number of aromatic nitrogens is 2. The van der Waals surface area contributed by atoms with E-state index in [4.69, 9.17) is 26.1 Å². The van der Waals surface area contributed by atoms with Crippen molar-refractivity contribution in [2.24, 2.45) is 5.92 Å². The number of anilines is 1. The second-order valence-corrected chi connectivity index (χ2v) is 9.47. The summed E-state index contributed by atoms with van der Waals surface area (Å²) < 4.78 is 11.0. The summed E-state index contributed by atoms with van der Waals surface area (Å²) in [5.41, 5.74) is 2.48. The number of hydrogen-bond donors (Lipinski definition) is 3. The average Bonchev–Trinajstić information content (AvgIpc) is 2.83.